The first-order chi connectivity index (χ1) is 13.0. The lowest BCUT2D eigenvalue weighted by molar-refractivity contribution is -0.115. The van der Waals surface area contributed by atoms with Crippen molar-refractivity contribution in [1.29, 1.82) is 0 Å². The maximum Gasteiger partial charge on any atom is 0.264 e. The first-order valence-corrected chi connectivity index (χ1v) is 10.8. The van der Waals surface area contributed by atoms with Crippen molar-refractivity contribution < 1.29 is 4.79 Å². The number of nitrogens with zero attached hydrogens (tertiary/aromatic N) is 3. The summed E-state index contributed by atoms with van der Waals surface area (Å²) in [6, 6.07) is 7.32. The van der Waals surface area contributed by atoms with Gasteiger partial charge in [-0.2, -0.15) is 4.99 Å². The molecule has 0 saturated carbocycles. The molecule has 4 rings (SSSR count). The Labute approximate surface area is 173 Å². The molecule has 1 N–H and O–H groups in total. The van der Waals surface area contributed by atoms with Crippen LogP contribution in [0.5, 0.6) is 0 Å². The minimum absolute atomic E-state index is 0.167. The molecule has 0 unspecified atom stereocenters. The number of hydrogen-bond donors (Lipinski definition) is 1. The number of nitrogens with one attached hydrogen (secondary N) is 1. The van der Waals surface area contributed by atoms with Crippen molar-refractivity contribution in [3.05, 3.63) is 55.8 Å². The highest BCUT2D eigenvalue weighted by Crippen LogP contribution is 2.34. The SMILES string of the molecule is Cc1nc(C)c(-c2csc(/N=C3\NC(=O)/C(=C/c4ccc(Cl)cc4)S3)n2)s1. The average Bonchev–Trinajstić information content (AvgIpc) is 3.30. The summed E-state index contributed by atoms with van der Waals surface area (Å²) in [6.45, 7) is 3.96. The van der Waals surface area contributed by atoms with E-state index >= 15 is 0 Å². The lowest BCUT2D eigenvalue weighted by atomic mass is 10.2. The summed E-state index contributed by atoms with van der Waals surface area (Å²) in [5, 5.41) is 7.55. The van der Waals surface area contributed by atoms with Gasteiger partial charge in [-0.15, -0.1) is 22.7 Å². The van der Waals surface area contributed by atoms with Crippen molar-refractivity contribution in [3.8, 4) is 10.6 Å². The highest BCUT2D eigenvalue weighted by molar-refractivity contribution is 8.18. The Morgan fingerprint density at radius 1 is 1.19 bits per heavy atom. The number of amides is 1. The molecule has 0 bridgehead atoms. The molecule has 0 aliphatic carbocycles. The number of aryl methyl sites for hydroxylation is 2. The predicted octanol–water partition coefficient (Wildman–Crippen LogP) is 5.43. The Bertz CT molecular complexity index is 1080. The zero-order chi connectivity index (χ0) is 19.0. The fraction of sp³-hybridized carbons (Fsp3) is 0.111. The monoisotopic (exact) mass is 432 g/mol. The van der Waals surface area contributed by atoms with Crippen LogP contribution in [0, 0.1) is 13.8 Å². The molecule has 0 atom stereocenters. The Morgan fingerprint density at radius 3 is 2.67 bits per heavy atom. The van der Waals surface area contributed by atoms with E-state index in [2.05, 4.69) is 20.3 Å². The Balaban J connectivity index is 1.54. The average molecular weight is 433 g/mol. The van der Waals surface area contributed by atoms with Crippen LogP contribution in [0.3, 0.4) is 0 Å². The van der Waals surface area contributed by atoms with Crippen LogP contribution in [0.1, 0.15) is 16.3 Å². The van der Waals surface area contributed by atoms with Crippen LogP contribution < -0.4 is 5.32 Å². The van der Waals surface area contributed by atoms with Crippen LogP contribution in [-0.4, -0.2) is 21.0 Å². The molecule has 27 heavy (non-hydrogen) atoms. The van der Waals surface area contributed by atoms with Gasteiger partial charge >= 0.3 is 0 Å². The fourth-order valence-electron chi connectivity index (χ4n) is 2.47. The number of carbonyl (C=O) groups is 1. The summed E-state index contributed by atoms with van der Waals surface area (Å²) in [6.07, 6.45) is 1.82. The molecule has 3 aromatic rings. The number of rotatable bonds is 3. The van der Waals surface area contributed by atoms with Crippen molar-refractivity contribution in [3.63, 3.8) is 0 Å². The molecular formula is C18H13ClN4OS3. The Morgan fingerprint density at radius 2 is 1.96 bits per heavy atom. The highest BCUT2D eigenvalue weighted by atomic mass is 35.5. The number of aliphatic imine (C=N–C) groups is 1. The summed E-state index contributed by atoms with van der Waals surface area (Å²) < 4.78 is 0. The van der Waals surface area contributed by atoms with Gasteiger partial charge < -0.3 is 5.32 Å². The Hall–Kier alpha value is -2.00. The van der Waals surface area contributed by atoms with Gasteiger partial charge in [-0.05, 0) is 49.4 Å². The second-order valence-corrected chi connectivity index (χ2v) is 9.20. The van der Waals surface area contributed by atoms with Gasteiger partial charge in [0, 0.05) is 10.4 Å². The molecule has 0 radical (unpaired) electrons. The molecule has 1 aliphatic rings. The second kappa shape index (κ2) is 7.55. The van der Waals surface area contributed by atoms with E-state index in [1.165, 1.54) is 23.1 Å². The molecule has 136 valence electrons. The van der Waals surface area contributed by atoms with Crippen LogP contribution in [0.4, 0.5) is 5.13 Å². The topological polar surface area (TPSA) is 67.2 Å². The second-order valence-electron chi connectivity index (χ2n) is 5.70. The summed E-state index contributed by atoms with van der Waals surface area (Å²) >= 11 is 10.3. The minimum atomic E-state index is -0.167. The standard InChI is InChI=1S/C18H13ClN4OS3/c1-9-15(26-10(2)20-9)13-8-25-17(21-13)23-18-22-16(24)14(27-18)7-11-3-5-12(19)6-4-11/h3-8H,1-2H3,(H,21,22,23,24)/b14-7-. The van der Waals surface area contributed by atoms with Crippen LogP contribution in [0.25, 0.3) is 16.6 Å². The quantitative estimate of drug-likeness (QED) is 0.560. The normalized spacial score (nSPS) is 17.1. The number of thiazole rings is 2. The largest absolute Gasteiger partial charge is 0.300 e. The van der Waals surface area contributed by atoms with E-state index in [0.29, 0.717) is 20.2 Å². The van der Waals surface area contributed by atoms with Gasteiger partial charge in [-0.1, -0.05) is 23.7 Å². The van der Waals surface area contributed by atoms with Crippen molar-refractivity contribution in [1.82, 2.24) is 15.3 Å². The van der Waals surface area contributed by atoms with Gasteiger partial charge in [0.05, 0.1) is 26.2 Å². The number of hydrogen-bond acceptors (Lipinski definition) is 7. The van der Waals surface area contributed by atoms with E-state index in [1.54, 1.807) is 23.5 Å². The first-order valence-electron chi connectivity index (χ1n) is 7.93. The van der Waals surface area contributed by atoms with Crippen molar-refractivity contribution >= 4 is 68.3 Å². The zero-order valence-electron chi connectivity index (χ0n) is 14.3. The van der Waals surface area contributed by atoms with Crippen LogP contribution in [0.15, 0.2) is 39.5 Å². The molecule has 3 heterocycles. The molecule has 0 spiro atoms. The molecular weight excluding hydrogens is 420 g/mol. The van der Waals surface area contributed by atoms with E-state index < -0.39 is 0 Å². The lowest BCUT2D eigenvalue weighted by Crippen LogP contribution is -2.19. The van der Waals surface area contributed by atoms with Gasteiger partial charge in [0.2, 0.25) is 5.13 Å². The minimum Gasteiger partial charge on any atom is -0.300 e. The van der Waals surface area contributed by atoms with Gasteiger partial charge in [-0.25, -0.2) is 9.97 Å². The number of thioether (sulfide) groups is 1. The molecule has 1 amide bonds. The third-order valence-corrected chi connectivity index (χ3v) is 6.64. The highest BCUT2D eigenvalue weighted by Gasteiger charge is 2.24. The first kappa shape index (κ1) is 18.4. The van der Waals surface area contributed by atoms with Gasteiger partial charge in [0.1, 0.15) is 0 Å². The van der Waals surface area contributed by atoms with Gasteiger partial charge in [0.25, 0.3) is 5.91 Å². The number of benzene rings is 1. The van der Waals surface area contributed by atoms with Gasteiger partial charge in [-0.3, -0.25) is 4.79 Å². The molecule has 1 fully saturated rings. The number of carbonyl (C=O) groups excluding carboxylic acids is 1. The van der Waals surface area contributed by atoms with Crippen LogP contribution in [-0.2, 0) is 4.79 Å². The van der Waals surface area contributed by atoms with Crippen LogP contribution >= 0.6 is 46.0 Å². The molecule has 1 saturated heterocycles. The maximum absolute atomic E-state index is 12.2. The third-order valence-electron chi connectivity index (χ3n) is 3.64. The number of amidine groups is 1. The number of halogens is 1. The maximum atomic E-state index is 12.2. The molecule has 9 heteroatoms. The van der Waals surface area contributed by atoms with E-state index in [4.69, 9.17) is 11.6 Å². The molecule has 1 aromatic carbocycles. The zero-order valence-corrected chi connectivity index (χ0v) is 17.5. The van der Waals surface area contributed by atoms with Gasteiger partial charge in [0.15, 0.2) is 5.17 Å². The summed E-state index contributed by atoms with van der Waals surface area (Å²) in [7, 11) is 0. The smallest absolute Gasteiger partial charge is 0.264 e. The molecule has 1 aliphatic heterocycles. The summed E-state index contributed by atoms with van der Waals surface area (Å²) in [4.78, 5) is 27.3. The van der Waals surface area contributed by atoms with E-state index in [0.717, 1.165) is 26.8 Å². The Kier molecular flexibility index (Phi) is 5.14. The van der Waals surface area contributed by atoms with E-state index in [-0.39, 0.29) is 5.91 Å². The molecule has 2 aromatic heterocycles. The van der Waals surface area contributed by atoms with Crippen molar-refractivity contribution in [2.75, 3.05) is 0 Å². The van der Waals surface area contributed by atoms with E-state index in [9.17, 15) is 4.79 Å². The van der Waals surface area contributed by atoms with Crippen LogP contribution in [0.2, 0.25) is 5.02 Å². The fourth-order valence-corrected chi connectivity index (χ4v) is 5.11. The van der Waals surface area contributed by atoms with Crippen molar-refractivity contribution in [2.24, 2.45) is 4.99 Å². The molecule has 5 nitrogen and oxygen atoms in total. The third kappa shape index (κ3) is 4.14. The predicted molar refractivity (Wildman–Crippen MR) is 115 cm³/mol. The summed E-state index contributed by atoms with van der Waals surface area (Å²) in [5.41, 5.74) is 2.75. The van der Waals surface area contributed by atoms with E-state index in [1.807, 2.05) is 37.4 Å². The number of aromatic nitrogens is 2. The lowest BCUT2D eigenvalue weighted by Gasteiger charge is -1.95. The summed E-state index contributed by atoms with van der Waals surface area (Å²) in [5.74, 6) is -0.167. The van der Waals surface area contributed by atoms with Crippen molar-refractivity contribution in [2.45, 2.75) is 13.8 Å².